The molecule has 0 N–H and O–H groups in total. The molecule has 50 heavy (non-hydrogen) atoms. The van der Waals surface area contributed by atoms with Crippen molar-refractivity contribution in [1.29, 1.82) is 15.8 Å². The smallest absolute Gasteiger partial charge is 0.180 e. The molecule has 5 heteroatoms. The molecule has 0 saturated carbocycles. The molecule has 0 aliphatic heterocycles. The number of fused-ring (bicyclic) bond motifs is 3. The van der Waals surface area contributed by atoms with Gasteiger partial charge in [-0.15, -0.1) is 0 Å². The third-order valence-corrected chi connectivity index (χ3v) is 14.5. The third-order valence-electron chi connectivity index (χ3n) is 9.68. The molecule has 0 saturated heterocycles. The number of aromatic nitrogens is 1. The Hall–Kier alpha value is -6.97. The first-order chi connectivity index (χ1) is 24.7. The van der Waals surface area contributed by atoms with Crippen LogP contribution in [0.25, 0.3) is 38.6 Å². The minimum absolute atomic E-state index is 0.433. The molecule has 0 radical (unpaired) electrons. The zero-order chi connectivity index (χ0) is 34.1. The van der Waals surface area contributed by atoms with E-state index in [1.807, 2.05) is 84.9 Å². The fourth-order valence-electron chi connectivity index (χ4n) is 7.62. The van der Waals surface area contributed by atoms with E-state index in [1.54, 1.807) is 0 Å². The van der Waals surface area contributed by atoms with E-state index in [-0.39, 0.29) is 0 Å². The minimum atomic E-state index is -3.12. The topological polar surface area (TPSA) is 76.3 Å². The highest BCUT2D eigenvalue weighted by Crippen LogP contribution is 2.38. The maximum Gasteiger partial charge on any atom is 0.180 e. The molecule has 0 aliphatic carbocycles. The average molecular weight is 653 g/mol. The zero-order valence-electron chi connectivity index (χ0n) is 27.0. The maximum atomic E-state index is 11.3. The Morgan fingerprint density at radius 1 is 0.460 bits per heavy atom. The number of nitrogens with zero attached hydrogens (tertiary/aromatic N) is 4. The van der Waals surface area contributed by atoms with Crippen molar-refractivity contribution in [3.05, 3.63) is 187 Å². The Morgan fingerprint density at radius 2 is 1.02 bits per heavy atom. The summed E-state index contributed by atoms with van der Waals surface area (Å²) in [5.74, 6) is 0. The van der Waals surface area contributed by atoms with E-state index in [4.69, 9.17) is 0 Å². The molecular formula is C45H28N4Si. The molecule has 0 spiro atoms. The predicted octanol–water partition coefficient (Wildman–Crippen LogP) is 7.44. The van der Waals surface area contributed by atoms with E-state index < -0.39 is 8.07 Å². The van der Waals surface area contributed by atoms with E-state index in [2.05, 4.69) is 108 Å². The van der Waals surface area contributed by atoms with Gasteiger partial charge in [0.15, 0.2) is 8.07 Å². The first-order valence-electron chi connectivity index (χ1n) is 16.4. The van der Waals surface area contributed by atoms with Crippen LogP contribution in [0.3, 0.4) is 0 Å². The maximum absolute atomic E-state index is 11.3. The van der Waals surface area contributed by atoms with Crippen molar-refractivity contribution >= 4 is 50.6 Å². The number of para-hydroxylation sites is 2. The summed E-state index contributed by atoms with van der Waals surface area (Å²) < 4.78 is 2.19. The van der Waals surface area contributed by atoms with Crippen molar-refractivity contribution < 1.29 is 0 Å². The number of hydrogen-bond acceptors (Lipinski definition) is 3. The molecule has 232 valence electrons. The van der Waals surface area contributed by atoms with Crippen LogP contribution in [0.4, 0.5) is 0 Å². The SMILES string of the molecule is N#Cc1ccc2c(c1)c1ccccc1n2-c1ccccc1-c1c(C#N)ccc([Si](c2ccccc2)(c2ccccc2)c2ccccc2)c1C#N. The normalized spacial score (nSPS) is 11.1. The zero-order valence-corrected chi connectivity index (χ0v) is 28.0. The van der Waals surface area contributed by atoms with Crippen LogP contribution in [0.15, 0.2) is 170 Å². The highest BCUT2D eigenvalue weighted by molar-refractivity contribution is 7.20. The van der Waals surface area contributed by atoms with Crippen LogP contribution in [0.1, 0.15) is 16.7 Å². The van der Waals surface area contributed by atoms with Crippen LogP contribution in [-0.4, -0.2) is 12.6 Å². The Kier molecular flexibility index (Phi) is 7.63. The third kappa shape index (κ3) is 4.64. The van der Waals surface area contributed by atoms with E-state index in [0.717, 1.165) is 53.8 Å². The fraction of sp³-hybridized carbons (Fsp3) is 0. The Bertz CT molecular complexity index is 2580. The summed E-state index contributed by atoms with van der Waals surface area (Å²) in [5.41, 5.74) is 5.67. The Morgan fingerprint density at radius 3 is 1.62 bits per heavy atom. The van der Waals surface area contributed by atoms with Gasteiger partial charge in [0, 0.05) is 21.9 Å². The lowest BCUT2D eigenvalue weighted by atomic mass is 9.93. The molecule has 0 atom stereocenters. The largest absolute Gasteiger partial charge is 0.309 e. The van der Waals surface area contributed by atoms with Gasteiger partial charge in [0.25, 0.3) is 0 Å². The number of rotatable bonds is 6. The lowest BCUT2D eigenvalue weighted by Gasteiger charge is -2.35. The molecule has 0 unspecified atom stereocenters. The summed E-state index contributed by atoms with van der Waals surface area (Å²) >= 11 is 0. The number of hydrogen-bond donors (Lipinski definition) is 0. The number of nitriles is 3. The van der Waals surface area contributed by atoms with Crippen LogP contribution >= 0.6 is 0 Å². The Balaban J connectivity index is 1.51. The van der Waals surface area contributed by atoms with Crippen LogP contribution in [0, 0.1) is 34.0 Å². The van der Waals surface area contributed by atoms with Gasteiger partial charge in [0.1, 0.15) is 0 Å². The molecular weight excluding hydrogens is 625 g/mol. The van der Waals surface area contributed by atoms with Gasteiger partial charge in [-0.1, -0.05) is 133 Å². The molecule has 0 aliphatic rings. The van der Waals surface area contributed by atoms with Crippen LogP contribution in [0.5, 0.6) is 0 Å². The van der Waals surface area contributed by atoms with Crippen molar-refractivity contribution in [2.24, 2.45) is 0 Å². The molecule has 8 aromatic rings. The van der Waals surface area contributed by atoms with Gasteiger partial charge in [-0.3, -0.25) is 0 Å². The van der Waals surface area contributed by atoms with Gasteiger partial charge in [-0.25, -0.2) is 0 Å². The van der Waals surface area contributed by atoms with E-state index in [1.165, 1.54) is 0 Å². The summed E-state index contributed by atoms with van der Waals surface area (Å²) in [6.45, 7) is 0. The first-order valence-corrected chi connectivity index (χ1v) is 18.4. The Labute approximate surface area is 291 Å². The average Bonchev–Trinajstić information content (AvgIpc) is 3.52. The lowest BCUT2D eigenvalue weighted by Crippen LogP contribution is -2.75. The molecule has 8 rings (SSSR count). The minimum Gasteiger partial charge on any atom is -0.309 e. The molecule has 1 heterocycles. The second-order valence-electron chi connectivity index (χ2n) is 12.2. The van der Waals surface area contributed by atoms with Crippen molar-refractivity contribution in [3.8, 4) is 35.0 Å². The van der Waals surface area contributed by atoms with E-state index in [9.17, 15) is 15.8 Å². The fourth-order valence-corrected chi connectivity index (χ4v) is 12.5. The molecule has 0 bridgehead atoms. The molecule has 1 aromatic heterocycles. The van der Waals surface area contributed by atoms with Crippen LogP contribution in [-0.2, 0) is 0 Å². The summed E-state index contributed by atoms with van der Waals surface area (Å²) in [4.78, 5) is 0. The van der Waals surface area contributed by atoms with Crippen molar-refractivity contribution in [1.82, 2.24) is 4.57 Å². The van der Waals surface area contributed by atoms with Gasteiger partial charge in [-0.05, 0) is 57.1 Å². The van der Waals surface area contributed by atoms with Crippen molar-refractivity contribution in [3.63, 3.8) is 0 Å². The molecule has 4 nitrogen and oxygen atoms in total. The van der Waals surface area contributed by atoms with Crippen molar-refractivity contribution in [2.45, 2.75) is 0 Å². The van der Waals surface area contributed by atoms with Crippen molar-refractivity contribution in [2.75, 3.05) is 0 Å². The van der Waals surface area contributed by atoms with Gasteiger partial charge in [0.2, 0.25) is 0 Å². The molecule has 7 aromatic carbocycles. The van der Waals surface area contributed by atoms with E-state index >= 15 is 0 Å². The predicted molar refractivity (Wildman–Crippen MR) is 204 cm³/mol. The molecule has 0 amide bonds. The van der Waals surface area contributed by atoms with Crippen LogP contribution < -0.4 is 20.7 Å². The number of benzene rings is 7. The highest BCUT2D eigenvalue weighted by Gasteiger charge is 2.44. The van der Waals surface area contributed by atoms with E-state index in [0.29, 0.717) is 22.3 Å². The standard InChI is InChI=1S/C45H28N4Si/c46-29-32-24-26-43-39(28-32)37-20-10-12-22-41(37)49(43)42-23-13-11-21-38(42)45-33(30-47)25-27-44(40(45)31-48)50(34-14-4-1-5-15-34,35-16-6-2-7-17-35)36-18-8-3-9-19-36/h1-28H. The molecule has 0 fully saturated rings. The van der Waals surface area contributed by atoms with Crippen LogP contribution in [0.2, 0.25) is 0 Å². The van der Waals surface area contributed by atoms with Gasteiger partial charge >= 0.3 is 0 Å². The summed E-state index contributed by atoms with van der Waals surface area (Å²) in [5, 5.41) is 38.1. The summed E-state index contributed by atoms with van der Waals surface area (Å²) in [7, 11) is -3.12. The lowest BCUT2D eigenvalue weighted by molar-refractivity contribution is 1.18. The first kappa shape index (κ1) is 30.4. The van der Waals surface area contributed by atoms with Gasteiger partial charge < -0.3 is 4.57 Å². The summed E-state index contributed by atoms with van der Waals surface area (Å²) in [6.07, 6.45) is 0. The monoisotopic (exact) mass is 652 g/mol. The summed E-state index contributed by atoms with van der Waals surface area (Å²) in [6, 6.07) is 64.7. The quantitative estimate of drug-likeness (QED) is 0.138. The second-order valence-corrected chi connectivity index (χ2v) is 16.0. The highest BCUT2D eigenvalue weighted by atomic mass is 28.3. The van der Waals surface area contributed by atoms with Gasteiger partial charge in [0.05, 0.1) is 51.6 Å². The van der Waals surface area contributed by atoms with Gasteiger partial charge in [-0.2, -0.15) is 15.8 Å². The second kappa shape index (κ2) is 12.6.